The van der Waals surface area contributed by atoms with Crippen LogP contribution in [0, 0.1) is 6.92 Å². The number of rotatable bonds is 8. The van der Waals surface area contributed by atoms with Crippen LogP contribution >= 0.6 is 0 Å². The van der Waals surface area contributed by atoms with E-state index in [0.29, 0.717) is 31.7 Å². The molecule has 2 saturated heterocycles. The molecule has 0 saturated carbocycles. The van der Waals surface area contributed by atoms with Crippen molar-refractivity contribution in [1.82, 2.24) is 4.90 Å². The number of benzene rings is 2. The van der Waals surface area contributed by atoms with Gasteiger partial charge in [-0.15, -0.1) is 0 Å². The van der Waals surface area contributed by atoms with Crippen molar-refractivity contribution in [2.45, 2.75) is 84.9 Å². The summed E-state index contributed by atoms with van der Waals surface area (Å²) in [4.78, 5) is 4.57. The fourth-order valence-corrected chi connectivity index (χ4v) is 5.20. The minimum absolute atomic E-state index is 0.330. The molecule has 37 heavy (non-hydrogen) atoms. The number of β-amino-alcohol motifs (C(OH)–C–C–N with tert-alkyl or cyclic N) is 2. The van der Waals surface area contributed by atoms with E-state index in [0.717, 1.165) is 45.5 Å². The van der Waals surface area contributed by atoms with Gasteiger partial charge in [0, 0.05) is 70.3 Å². The molecule has 4 rings (SSSR count). The topological polar surface area (TPSA) is 88.4 Å². The molecular weight excluding hydrogens is 466 g/mol. The number of hydrogen-bond acceptors (Lipinski definition) is 7. The number of likely N-dealkylation sites (tertiary alicyclic amines) is 1. The van der Waals surface area contributed by atoms with E-state index in [-0.39, 0.29) is 0 Å². The second-order valence-electron chi connectivity index (χ2n) is 9.72. The number of nitrogens with zero attached hydrogens (tertiary/aromatic N) is 2. The highest BCUT2D eigenvalue weighted by Crippen LogP contribution is 2.30. The predicted molar refractivity (Wildman–Crippen MR) is 153 cm³/mol. The standard InChI is InChI=1S/C27H39N3O3.C2H6.CH4O/c1-4-33-26-12-20(3)30(18-26)23-9-10-27(19(2)11-23)28-14-21-5-7-22(8-6-21)15-29-16-24(31)13-25(32)17-29;2*1-2/h5-11,20,24-26,28,31-32H,4,12-18H2,1-3H3;1-2H3;2H,1H3/t20?,24-,25+,26?;;. The quantitative estimate of drug-likeness (QED) is 0.420. The van der Waals surface area contributed by atoms with Crippen LogP contribution in [0.3, 0.4) is 0 Å². The molecule has 7 nitrogen and oxygen atoms in total. The van der Waals surface area contributed by atoms with Crippen molar-refractivity contribution in [3.8, 4) is 0 Å². The Hall–Kier alpha value is -2.16. The van der Waals surface area contributed by atoms with Crippen molar-refractivity contribution in [2.24, 2.45) is 0 Å². The highest BCUT2D eigenvalue weighted by atomic mass is 16.5. The molecule has 2 aliphatic heterocycles. The van der Waals surface area contributed by atoms with Gasteiger partial charge in [0.2, 0.25) is 0 Å². The fourth-order valence-electron chi connectivity index (χ4n) is 5.20. The number of aliphatic hydroxyl groups is 3. The number of hydrogen-bond donors (Lipinski definition) is 4. The summed E-state index contributed by atoms with van der Waals surface area (Å²) in [5.41, 5.74) is 6.11. The van der Waals surface area contributed by atoms with Crippen LogP contribution in [0.25, 0.3) is 0 Å². The van der Waals surface area contributed by atoms with Crippen LogP contribution in [0.2, 0.25) is 0 Å². The first-order valence-corrected chi connectivity index (χ1v) is 13.7. The maximum atomic E-state index is 9.88. The molecule has 4 atom stereocenters. The highest BCUT2D eigenvalue weighted by molar-refractivity contribution is 5.61. The van der Waals surface area contributed by atoms with Gasteiger partial charge in [0.25, 0.3) is 0 Å². The van der Waals surface area contributed by atoms with Gasteiger partial charge in [0.15, 0.2) is 0 Å². The summed E-state index contributed by atoms with van der Waals surface area (Å²) >= 11 is 0. The second kappa shape index (κ2) is 15.9. The molecule has 2 unspecified atom stereocenters. The Labute approximate surface area is 224 Å². The lowest BCUT2D eigenvalue weighted by Crippen LogP contribution is -2.45. The van der Waals surface area contributed by atoms with Crippen molar-refractivity contribution >= 4 is 11.4 Å². The summed E-state index contributed by atoms with van der Waals surface area (Å²) < 4.78 is 5.85. The molecule has 0 aliphatic carbocycles. The fraction of sp³-hybridized carbons (Fsp3) is 0.600. The Kier molecular flexibility index (Phi) is 13.4. The van der Waals surface area contributed by atoms with Gasteiger partial charge in [-0.05, 0) is 62.1 Å². The van der Waals surface area contributed by atoms with Crippen molar-refractivity contribution in [3.63, 3.8) is 0 Å². The number of anilines is 2. The van der Waals surface area contributed by atoms with Gasteiger partial charge in [-0.25, -0.2) is 0 Å². The third-order valence-corrected chi connectivity index (χ3v) is 6.87. The average Bonchev–Trinajstić information content (AvgIpc) is 3.26. The molecule has 2 heterocycles. The lowest BCUT2D eigenvalue weighted by molar-refractivity contribution is -0.0110. The molecule has 2 aromatic rings. The highest BCUT2D eigenvalue weighted by Gasteiger charge is 2.29. The summed E-state index contributed by atoms with van der Waals surface area (Å²) in [7, 11) is 1.00. The zero-order valence-corrected chi connectivity index (χ0v) is 23.7. The number of aliphatic hydroxyl groups excluding tert-OH is 3. The van der Waals surface area contributed by atoms with Crippen LogP contribution in [-0.2, 0) is 17.8 Å². The van der Waals surface area contributed by atoms with Crippen LogP contribution < -0.4 is 10.2 Å². The number of aryl methyl sites for hydroxylation is 1. The van der Waals surface area contributed by atoms with Crippen LogP contribution in [-0.4, -0.2) is 77.9 Å². The first-order valence-electron chi connectivity index (χ1n) is 13.7. The molecule has 0 bridgehead atoms. The first-order chi connectivity index (χ1) is 17.9. The van der Waals surface area contributed by atoms with E-state index < -0.39 is 12.2 Å². The van der Waals surface area contributed by atoms with Crippen LogP contribution in [0.5, 0.6) is 0 Å². The molecule has 4 N–H and O–H groups in total. The van der Waals surface area contributed by atoms with E-state index in [1.54, 1.807) is 0 Å². The van der Waals surface area contributed by atoms with E-state index in [9.17, 15) is 10.2 Å². The van der Waals surface area contributed by atoms with Gasteiger partial charge in [-0.3, -0.25) is 4.90 Å². The van der Waals surface area contributed by atoms with Gasteiger partial charge < -0.3 is 30.3 Å². The molecule has 2 fully saturated rings. The van der Waals surface area contributed by atoms with Gasteiger partial charge >= 0.3 is 0 Å². The molecule has 0 amide bonds. The van der Waals surface area contributed by atoms with Crippen LogP contribution in [0.15, 0.2) is 42.5 Å². The minimum Gasteiger partial charge on any atom is -0.400 e. The van der Waals surface area contributed by atoms with E-state index in [1.807, 2.05) is 13.8 Å². The summed E-state index contributed by atoms with van der Waals surface area (Å²) in [6.07, 6.45) is 1.02. The Balaban J connectivity index is 0.00000115. The average molecular weight is 516 g/mol. The van der Waals surface area contributed by atoms with E-state index in [4.69, 9.17) is 9.84 Å². The Morgan fingerprint density at radius 1 is 0.919 bits per heavy atom. The summed E-state index contributed by atoms with van der Waals surface area (Å²) in [6, 6.07) is 15.8. The first kappa shape index (κ1) is 31.1. The number of nitrogens with one attached hydrogen (secondary N) is 1. The van der Waals surface area contributed by atoms with Gasteiger partial charge in [0.1, 0.15) is 0 Å². The Bertz CT molecular complexity index is 898. The molecule has 208 valence electrons. The Morgan fingerprint density at radius 3 is 2.14 bits per heavy atom. The monoisotopic (exact) mass is 515 g/mol. The zero-order valence-electron chi connectivity index (χ0n) is 23.7. The number of piperidine rings is 1. The zero-order chi connectivity index (χ0) is 27.4. The second-order valence-corrected chi connectivity index (χ2v) is 9.72. The molecular formula is C30H49N3O4. The van der Waals surface area contributed by atoms with Crippen LogP contribution in [0.4, 0.5) is 11.4 Å². The van der Waals surface area contributed by atoms with Gasteiger partial charge in [0.05, 0.1) is 18.3 Å². The molecule has 7 heteroatoms. The van der Waals surface area contributed by atoms with Crippen LogP contribution in [0.1, 0.15) is 57.2 Å². The normalized spacial score (nSPS) is 23.5. The van der Waals surface area contributed by atoms with Crippen molar-refractivity contribution in [2.75, 3.05) is 43.6 Å². The maximum absolute atomic E-state index is 9.88. The van der Waals surface area contributed by atoms with Gasteiger partial charge in [-0.2, -0.15) is 0 Å². The predicted octanol–water partition coefficient (Wildman–Crippen LogP) is 4.17. The third kappa shape index (κ3) is 9.27. The molecule has 2 aliphatic rings. The summed E-state index contributed by atoms with van der Waals surface area (Å²) in [5, 5.41) is 30.3. The van der Waals surface area contributed by atoms with E-state index in [2.05, 4.69) is 78.4 Å². The van der Waals surface area contributed by atoms with E-state index >= 15 is 0 Å². The molecule has 0 spiro atoms. The van der Waals surface area contributed by atoms with Crippen molar-refractivity contribution in [3.05, 3.63) is 59.2 Å². The lowest BCUT2D eigenvalue weighted by Gasteiger charge is -2.33. The maximum Gasteiger partial charge on any atom is 0.0769 e. The molecule has 0 aromatic heterocycles. The third-order valence-electron chi connectivity index (χ3n) is 6.87. The smallest absolute Gasteiger partial charge is 0.0769 e. The van der Waals surface area contributed by atoms with E-state index in [1.165, 1.54) is 22.4 Å². The Morgan fingerprint density at radius 2 is 1.54 bits per heavy atom. The lowest BCUT2D eigenvalue weighted by atomic mass is 10.0. The van der Waals surface area contributed by atoms with Gasteiger partial charge in [-0.1, -0.05) is 38.1 Å². The molecule has 0 radical (unpaired) electrons. The minimum atomic E-state index is -0.438. The number of ether oxygens (including phenoxy) is 1. The van der Waals surface area contributed by atoms with Crippen molar-refractivity contribution in [1.29, 1.82) is 0 Å². The molecule has 2 aromatic carbocycles. The summed E-state index contributed by atoms with van der Waals surface area (Å²) in [6.45, 7) is 15.0. The summed E-state index contributed by atoms with van der Waals surface area (Å²) in [5.74, 6) is 0. The SMILES string of the molecule is CC.CCOC1CC(C)N(c2ccc(NCc3ccc(CN4C[C@H](O)C[C@H](O)C4)cc3)c(C)c2)C1.CO. The largest absolute Gasteiger partial charge is 0.400 e. The van der Waals surface area contributed by atoms with Crippen molar-refractivity contribution < 1.29 is 20.1 Å².